The molecule has 4 nitrogen and oxygen atoms in total. The summed E-state index contributed by atoms with van der Waals surface area (Å²) in [5, 5.41) is 23.5. The highest BCUT2D eigenvalue weighted by Gasteiger charge is 2.71. The van der Waals surface area contributed by atoms with Crippen LogP contribution < -0.4 is 0 Å². The number of esters is 1. The SMILES string of the molecule is CC(=O)O[C@H]1[C@H](O)C[C@@]2(C)[C@H](CC[C@]3(C)[C@H]2[C@H](O)C=C2[C@@H]4[C@@H](C)[C@H](C)CC[C@]4(C)CC[C@]23C)C1(C)C. The number of allylic oxidation sites excluding steroid dienone is 1. The lowest BCUT2D eigenvalue weighted by Crippen LogP contribution is -2.69. The molecule has 5 rings (SSSR count). The Hall–Kier alpha value is -0.870. The van der Waals surface area contributed by atoms with Crippen LogP contribution in [0.25, 0.3) is 0 Å². The lowest BCUT2D eigenvalue weighted by Gasteiger charge is -2.72. The number of aliphatic hydroxyl groups excluding tert-OH is 2. The number of ether oxygens (including phenoxy) is 1. The zero-order valence-corrected chi connectivity index (χ0v) is 24.4. The number of hydrogen-bond donors (Lipinski definition) is 2. The van der Waals surface area contributed by atoms with E-state index in [2.05, 4.69) is 61.5 Å². The van der Waals surface area contributed by atoms with E-state index in [1.54, 1.807) is 5.57 Å². The fourth-order valence-electron chi connectivity index (χ4n) is 11.5. The predicted molar refractivity (Wildman–Crippen MR) is 143 cm³/mol. The quantitative estimate of drug-likeness (QED) is 0.317. The van der Waals surface area contributed by atoms with Crippen LogP contribution in [0.3, 0.4) is 0 Å². The molecule has 5 aliphatic rings. The number of rotatable bonds is 1. The van der Waals surface area contributed by atoms with Crippen molar-refractivity contribution < 1.29 is 19.7 Å². The minimum Gasteiger partial charge on any atom is -0.459 e. The first-order chi connectivity index (χ1) is 16.5. The number of hydrogen-bond acceptors (Lipinski definition) is 4. The summed E-state index contributed by atoms with van der Waals surface area (Å²) in [6.07, 6.45) is 8.35. The molecule has 0 amide bonds. The number of fused-ring (bicyclic) bond motifs is 7. The smallest absolute Gasteiger partial charge is 0.303 e. The molecule has 0 radical (unpaired) electrons. The van der Waals surface area contributed by atoms with Gasteiger partial charge in [-0.3, -0.25) is 4.79 Å². The van der Waals surface area contributed by atoms with Gasteiger partial charge in [-0.15, -0.1) is 0 Å². The first kappa shape index (κ1) is 26.7. The zero-order valence-electron chi connectivity index (χ0n) is 24.4. The van der Waals surface area contributed by atoms with Gasteiger partial charge in [-0.05, 0) is 90.3 Å². The number of carbonyl (C=O) groups is 1. The van der Waals surface area contributed by atoms with E-state index < -0.39 is 18.3 Å². The summed E-state index contributed by atoms with van der Waals surface area (Å²) in [5.74, 6) is 1.91. The van der Waals surface area contributed by atoms with E-state index in [0.717, 1.165) is 18.8 Å². The summed E-state index contributed by atoms with van der Waals surface area (Å²) in [6.45, 7) is 20.5. The summed E-state index contributed by atoms with van der Waals surface area (Å²) >= 11 is 0. The van der Waals surface area contributed by atoms with Crippen molar-refractivity contribution in [3.63, 3.8) is 0 Å². The van der Waals surface area contributed by atoms with Crippen molar-refractivity contribution in [3.05, 3.63) is 11.6 Å². The van der Waals surface area contributed by atoms with Gasteiger partial charge in [0.05, 0.1) is 12.2 Å². The monoisotopic (exact) mass is 500 g/mol. The summed E-state index contributed by atoms with van der Waals surface area (Å²) in [6, 6.07) is 0. The first-order valence-electron chi connectivity index (χ1n) is 14.8. The molecule has 0 spiro atoms. The minimum atomic E-state index is -0.716. The van der Waals surface area contributed by atoms with Crippen molar-refractivity contribution in [2.24, 2.45) is 56.7 Å². The van der Waals surface area contributed by atoms with Gasteiger partial charge in [-0.2, -0.15) is 0 Å². The second-order valence-electron chi connectivity index (χ2n) is 15.6. The maximum atomic E-state index is 12.1. The molecule has 0 aliphatic heterocycles. The number of aliphatic hydroxyl groups is 2. The summed E-state index contributed by atoms with van der Waals surface area (Å²) < 4.78 is 5.74. The van der Waals surface area contributed by atoms with Gasteiger partial charge in [-0.1, -0.05) is 67.0 Å². The van der Waals surface area contributed by atoms with Gasteiger partial charge in [0.2, 0.25) is 0 Å². The molecule has 0 aromatic rings. The van der Waals surface area contributed by atoms with Gasteiger partial charge in [0.15, 0.2) is 0 Å². The molecule has 4 heteroatoms. The van der Waals surface area contributed by atoms with Crippen LogP contribution in [0.5, 0.6) is 0 Å². The largest absolute Gasteiger partial charge is 0.459 e. The highest BCUT2D eigenvalue weighted by atomic mass is 16.6. The molecule has 0 aromatic carbocycles. The lowest BCUT2D eigenvalue weighted by atomic mass is 9.33. The average Bonchev–Trinajstić information content (AvgIpc) is 2.75. The van der Waals surface area contributed by atoms with Crippen LogP contribution in [0.2, 0.25) is 0 Å². The van der Waals surface area contributed by atoms with Gasteiger partial charge in [0, 0.05) is 18.3 Å². The van der Waals surface area contributed by atoms with E-state index in [1.165, 1.54) is 32.6 Å². The standard InChI is InChI=1S/C32H52O4/c1-18-10-12-29(6)14-15-31(8)21(25(29)19(18)2)16-22(34)26-30(7)17-23(35)27(36-20(3)33)28(4,5)24(30)11-13-32(26,31)9/h16,18-19,22-27,34-35H,10-15,17H2,1-9H3/t18-,19+,22-,23-,24-,25+,26+,27+,29-,30+,31-,32-/m1/s1. The molecule has 36 heavy (non-hydrogen) atoms. The van der Waals surface area contributed by atoms with Gasteiger partial charge in [0.25, 0.3) is 0 Å². The average molecular weight is 501 g/mol. The van der Waals surface area contributed by atoms with Crippen LogP contribution in [0.15, 0.2) is 11.6 Å². The molecule has 4 saturated carbocycles. The maximum Gasteiger partial charge on any atom is 0.303 e. The minimum absolute atomic E-state index is 0.0342. The Labute approximate surface area is 219 Å². The molecule has 0 bridgehead atoms. The third-order valence-electron chi connectivity index (χ3n) is 13.5. The summed E-state index contributed by atoms with van der Waals surface area (Å²) in [5.41, 5.74) is 1.32. The fraction of sp³-hybridized carbons (Fsp3) is 0.906. The Morgan fingerprint density at radius 1 is 0.972 bits per heavy atom. The van der Waals surface area contributed by atoms with Crippen LogP contribution in [0.4, 0.5) is 0 Å². The van der Waals surface area contributed by atoms with Crippen molar-refractivity contribution in [1.29, 1.82) is 0 Å². The molecule has 0 unspecified atom stereocenters. The summed E-state index contributed by atoms with van der Waals surface area (Å²) in [4.78, 5) is 11.9. The summed E-state index contributed by atoms with van der Waals surface area (Å²) in [7, 11) is 0. The third-order valence-corrected chi connectivity index (χ3v) is 13.5. The molecule has 0 heterocycles. The molecule has 204 valence electrons. The fourth-order valence-corrected chi connectivity index (χ4v) is 11.5. The van der Waals surface area contributed by atoms with Crippen molar-refractivity contribution >= 4 is 5.97 Å². The van der Waals surface area contributed by atoms with E-state index in [1.807, 2.05) is 0 Å². The van der Waals surface area contributed by atoms with Crippen LogP contribution in [0.1, 0.15) is 107 Å². The Kier molecular flexibility index (Phi) is 5.99. The second-order valence-corrected chi connectivity index (χ2v) is 15.6. The molecule has 2 N–H and O–H groups in total. The lowest BCUT2D eigenvalue weighted by molar-refractivity contribution is -0.252. The van der Waals surface area contributed by atoms with Crippen molar-refractivity contribution in [3.8, 4) is 0 Å². The topological polar surface area (TPSA) is 66.8 Å². The number of carbonyl (C=O) groups excluding carboxylic acids is 1. The molecule has 12 atom stereocenters. The van der Waals surface area contributed by atoms with Crippen LogP contribution >= 0.6 is 0 Å². The molecular weight excluding hydrogens is 448 g/mol. The van der Waals surface area contributed by atoms with Crippen molar-refractivity contribution in [2.45, 2.75) is 126 Å². The first-order valence-corrected chi connectivity index (χ1v) is 14.8. The van der Waals surface area contributed by atoms with Crippen molar-refractivity contribution in [1.82, 2.24) is 0 Å². The molecule has 0 saturated heterocycles. The maximum absolute atomic E-state index is 12.1. The van der Waals surface area contributed by atoms with E-state index in [0.29, 0.717) is 23.7 Å². The van der Waals surface area contributed by atoms with Gasteiger partial charge < -0.3 is 14.9 Å². The third kappa shape index (κ3) is 3.28. The molecule has 5 aliphatic carbocycles. The Balaban J connectivity index is 1.61. The Bertz CT molecular complexity index is 954. The van der Waals surface area contributed by atoms with Crippen molar-refractivity contribution in [2.75, 3.05) is 0 Å². The van der Waals surface area contributed by atoms with Crippen LogP contribution in [0, 0.1) is 56.7 Å². The van der Waals surface area contributed by atoms with Gasteiger partial charge >= 0.3 is 5.97 Å². The molecular formula is C32H52O4. The molecule has 0 aromatic heterocycles. The molecule has 4 fully saturated rings. The predicted octanol–water partition coefficient (Wildman–Crippen LogP) is 6.54. The van der Waals surface area contributed by atoms with E-state index in [4.69, 9.17) is 4.74 Å². The van der Waals surface area contributed by atoms with E-state index in [9.17, 15) is 15.0 Å². The highest BCUT2D eigenvalue weighted by molar-refractivity contribution is 5.66. The second kappa shape index (κ2) is 8.07. The van der Waals surface area contributed by atoms with Crippen LogP contribution in [-0.4, -0.2) is 34.5 Å². The van der Waals surface area contributed by atoms with Gasteiger partial charge in [0.1, 0.15) is 6.10 Å². The van der Waals surface area contributed by atoms with Crippen LogP contribution in [-0.2, 0) is 9.53 Å². The van der Waals surface area contributed by atoms with E-state index >= 15 is 0 Å². The Morgan fingerprint density at radius 3 is 2.28 bits per heavy atom. The van der Waals surface area contributed by atoms with E-state index in [-0.39, 0.29) is 39.5 Å². The highest BCUT2D eigenvalue weighted by Crippen LogP contribution is 2.75. The zero-order chi connectivity index (χ0) is 26.6. The normalized spacial score (nSPS) is 55.8. The van der Waals surface area contributed by atoms with Gasteiger partial charge in [-0.25, -0.2) is 0 Å². The Morgan fingerprint density at radius 2 is 1.64 bits per heavy atom.